The fourth-order valence-electron chi connectivity index (χ4n) is 3.00. The first kappa shape index (κ1) is 16.7. The van der Waals surface area contributed by atoms with Crippen molar-refractivity contribution in [1.29, 1.82) is 0 Å². The lowest BCUT2D eigenvalue weighted by molar-refractivity contribution is -0.145. The number of hydrogen-bond donors (Lipinski definition) is 0. The number of amides is 3. The summed E-state index contributed by atoms with van der Waals surface area (Å²) in [6.07, 6.45) is 3.31. The fourth-order valence-corrected chi connectivity index (χ4v) is 3.00. The molecular weight excluding hydrogens is 312 g/mol. The van der Waals surface area contributed by atoms with Gasteiger partial charge in [0.2, 0.25) is 0 Å². The fraction of sp³-hybridized carbons (Fsp3) is 0.562. The van der Waals surface area contributed by atoms with Gasteiger partial charge in [-0.1, -0.05) is 0 Å². The molecule has 2 fully saturated rings. The second-order valence-corrected chi connectivity index (χ2v) is 6.31. The van der Waals surface area contributed by atoms with E-state index in [0.29, 0.717) is 32.8 Å². The number of nitrogens with zero attached hydrogens (tertiary/aromatic N) is 4. The summed E-state index contributed by atoms with van der Waals surface area (Å²) in [5, 5.41) is 0. The molecule has 8 nitrogen and oxygen atoms in total. The van der Waals surface area contributed by atoms with Crippen LogP contribution in [0.4, 0.5) is 10.5 Å². The Morgan fingerprint density at radius 3 is 2.92 bits per heavy atom. The number of anilines is 1. The van der Waals surface area contributed by atoms with Crippen LogP contribution >= 0.6 is 0 Å². The third-order valence-electron chi connectivity index (χ3n) is 4.21. The number of urea groups is 1. The minimum absolute atomic E-state index is 0.0394. The number of aromatic nitrogens is 1. The van der Waals surface area contributed by atoms with Gasteiger partial charge < -0.3 is 24.2 Å². The summed E-state index contributed by atoms with van der Waals surface area (Å²) in [5.41, 5.74) is -0.00810. The number of carbonyl (C=O) groups excluding carboxylic acids is 2. The molecule has 1 aromatic rings. The maximum atomic E-state index is 12.3. The zero-order valence-corrected chi connectivity index (χ0v) is 14.0. The molecule has 2 saturated heterocycles. The third kappa shape index (κ3) is 3.34. The van der Waals surface area contributed by atoms with Gasteiger partial charge in [-0.3, -0.25) is 9.78 Å². The van der Waals surface area contributed by atoms with E-state index in [9.17, 15) is 9.59 Å². The number of pyridine rings is 1. The van der Waals surface area contributed by atoms with Crippen molar-refractivity contribution < 1.29 is 19.1 Å². The summed E-state index contributed by atoms with van der Waals surface area (Å²) in [6, 6.07) is 3.54. The Kier molecular flexibility index (Phi) is 4.68. The van der Waals surface area contributed by atoms with Crippen LogP contribution in [-0.4, -0.2) is 85.9 Å². The van der Waals surface area contributed by atoms with Crippen molar-refractivity contribution in [3.8, 4) is 0 Å². The SMILES string of the molecule is CN(C)C(=O)N1CCOCC2(C1)CN(c1cccnc1)C(=O)CO2. The zero-order valence-electron chi connectivity index (χ0n) is 14.0. The van der Waals surface area contributed by atoms with Crippen molar-refractivity contribution >= 4 is 17.6 Å². The predicted octanol–water partition coefficient (Wildman–Crippen LogP) is 0.197. The van der Waals surface area contributed by atoms with Crippen molar-refractivity contribution in [3.63, 3.8) is 0 Å². The molecule has 0 N–H and O–H groups in total. The molecule has 0 radical (unpaired) electrons. The van der Waals surface area contributed by atoms with Gasteiger partial charge in [0.15, 0.2) is 0 Å². The van der Waals surface area contributed by atoms with E-state index >= 15 is 0 Å². The Morgan fingerprint density at radius 2 is 2.21 bits per heavy atom. The van der Waals surface area contributed by atoms with Gasteiger partial charge in [0.05, 0.1) is 38.2 Å². The molecule has 3 rings (SSSR count). The average molecular weight is 334 g/mol. The molecule has 0 bridgehead atoms. The van der Waals surface area contributed by atoms with Crippen LogP contribution in [0.15, 0.2) is 24.5 Å². The number of ether oxygens (including phenoxy) is 2. The maximum Gasteiger partial charge on any atom is 0.319 e. The van der Waals surface area contributed by atoms with Gasteiger partial charge in [-0.15, -0.1) is 0 Å². The van der Waals surface area contributed by atoms with Crippen molar-refractivity contribution in [2.75, 3.05) is 58.5 Å². The molecule has 1 unspecified atom stereocenters. The third-order valence-corrected chi connectivity index (χ3v) is 4.21. The topological polar surface area (TPSA) is 75.2 Å². The summed E-state index contributed by atoms with van der Waals surface area (Å²) in [5.74, 6) is -0.122. The van der Waals surface area contributed by atoms with Crippen molar-refractivity contribution in [1.82, 2.24) is 14.8 Å². The van der Waals surface area contributed by atoms with Gasteiger partial charge in [-0.05, 0) is 12.1 Å². The van der Waals surface area contributed by atoms with E-state index in [2.05, 4.69) is 4.98 Å². The normalized spacial score (nSPS) is 24.8. The molecule has 1 aromatic heterocycles. The van der Waals surface area contributed by atoms with Crippen molar-refractivity contribution in [2.45, 2.75) is 5.60 Å². The molecule has 24 heavy (non-hydrogen) atoms. The van der Waals surface area contributed by atoms with Crippen LogP contribution in [0.1, 0.15) is 0 Å². The van der Waals surface area contributed by atoms with E-state index in [1.807, 2.05) is 6.07 Å². The van der Waals surface area contributed by atoms with Crippen LogP contribution in [0.2, 0.25) is 0 Å². The lowest BCUT2D eigenvalue weighted by atomic mass is 10.0. The second-order valence-electron chi connectivity index (χ2n) is 6.31. The highest BCUT2D eigenvalue weighted by molar-refractivity contribution is 5.95. The van der Waals surface area contributed by atoms with Gasteiger partial charge in [0, 0.05) is 26.8 Å². The molecular formula is C16H22N4O4. The highest BCUT2D eigenvalue weighted by Gasteiger charge is 2.44. The van der Waals surface area contributed by atoms with Gasteiger partial charge >= 0.3 is 6.03 Å². The molecule has 3 heterocycles. The molecule has 2 aliphatic rings. The Balaban J connectivity index is 1.83. The smallest absolute Gasteiger partial charge is 0.319 e. The first-order chi connectivity index (χ1) is 11.5. The molecule has 2 aliphatic heterocycles. The van der Waals surface area contributed by atoms with Crippen LogP contribution < -0.4 is 4.90 Å². The largest absolute Gasteiger partial charge is 0.376 e. The van der Waals surface area contributed by atoms with E-state index in [-0.39, 0.29) is 18.5 Å². The van der Waals surface area contributed by atoms with E-state index < -0.39 is 5.60 Å². The van der Waals surface area contributed by atoms with Crippen LogP contribution in [0.25, 0.3) is 0 Å². The first-order valence-electron chi connectivity index (χ1n) is 7.89. The highest BCUT2D eigenvalue weighted by atomic mass is 16.6. The maximum absolute atomic E-state index is 12.3. The quantitative estimate of drug-likeness (QED) is 0.733. The number of carbonyl (C=O) groups is 2. The Bertz CT molecular complexity index is 609. The molecule has 0 aliphatic carbocycles. The minimum atomic E-state index is -0.730. The van der Waals surface area contributed by atoms with Gasteiger partial charge in [0.1, 0.15) is 12.2 Å². The molecule has 130 valence electrons. The summed E-state index contributed by atoms with van der Waals surface area (Å²) in [6.45, 7) is 1.97. The number of morpholine rings is 1. The Labute approximate surface area is 140 Å². The van der Waals surface area contributed by atoms with E-state index in [1.165, 1.54) is 4.90 Å². The molecule has 0 aromatic carbocycles. The standard InChI is InChI=1S/C16H22N4O4/c1-18(2)15(22)19-6-7-23-12-16(10-19)11-20(14(21)9-24-16)13-4-3-5-17-8-13/h3-5,8H,6-7,9-12H2,1-2H3. The molecule has 1 atom stereocenters. The monoisotopic (exact) mass is 334 g/mol. The van der Waals surface area contributed by atoms with Crippen LogP contribution in [0.3, 0.4) is 0 Å². The summed E-state index contributed by atoms with van der Waals surface area (Å²) < 4.78 is 11.5. The summed E-state index contributed by atoms with van der Waals surface area (Å²) in [7, 11) is 3.43. The summed E-state index contributed by atoms with van der Waals surface area (Å²) >= 11 is 0. The van der Waals surface area contributed by atoms with Crippen molar-refractivity contribution in [3.05, 3.63) is 24.5 Å². The van der Waals surface area contributed by atoms with Gasteiger partial charge in [-0.25, -0.2) is 4.79 Å². The van der Waals surface area contributed by atoms with Crippen LogP contribution in [-0.2, 0) is 14.3 Å². The van der Waals surface area contributed by atoms with Crippen molar-refractivity contribution in [2.24, 2.45) is 0 Å². The predicted molar refractivity (Wildman–Crippen MR) is 86.7 cm³/mol. The highest BCUT2D eigenvalue weighted by Crippen LogP contribution is 2.27. The zero-order chi connectivity index (χ0) is 17.2. The van der Waals surface area contributed by atoms with E-state index in [1.54, 1.807) is 42.4 Å². The summed E-state index contributed by atoms with van der Waals surface area (Å²) in [4.78, 5) is 33.6. The van der Waals surface area contributed by atoms with Crippen LogP contribution in [0.5, 0.6) is 0 Å². The molecule has 0 saturated carbocycles. The molecule has 1 spiro atoms. The van der Waals surface area contributed by atoms with Gasteiger partial charge in [-0.2, -0.15) is 0 Å². The molecule has 8 heteroatoms. The Hall–Kier alpha value is -2.19. The lowest BCUT2D eigenvalue weighted by Gasteiger charge is -2.43. The minimum Gasteiger partial charge on any atom is -0.376 e. The number of rotatable bonds is 1. The first-order valence-corrected chi connectivity index (χ1v) is 7.89. The Morgan fingerprint density at radius 1 is 1.38 bits per heavy atom. The number of hydrogen-bond acceptors (Lipinski definition) is 5. The van der Waals surface area contributed by atoms with Crippen LogP contribution in [0, 0.1) is 0 Å². The van der Waals surface area contributed by atoms with E-state index in [4.69, 9.17) is 9.47 Å². The van der Waals surface area contributed by atoms with Gasteiger partial charge in [0.25, 0.3) is 5.91 Å². The van der Waals surface area contributed by atoms with E-state index in [0.717, 1.165) is 5.69 Å². The average Bonchev–Trinajstić information content (AvgIpc) is 2.80. The molecule has 3 amide bonds. The second kappa shape index (κ2) is 6.74. The lowest BCUT2D eigenvalue weighted by Crippen LogP contribution is -2.61.